The Labute approximate surface area is 125 Å². The molecule has 0 aromatic heterocycles. The number of hydrogen-bond acceptors (Lipinski definition) is 3. The lowest BCUT2D eigenvalue weighted by molar-refractivity contribution is -0.146. The molecule has 0 radical (unpaired) electrons. The highest BCUT2D eigenvalue weighted by atomic mass is 16.2. The van der Waals surface area contributed by atoms with Gasteiger partial charge >= 0.3 is 11.8 Å². The van der Waals surface area contributed by atoms with E-state index in [2.05, 4.69) is 22.3 Å². The van der Waals surface area contributed by atoms with Crippen molar-refractivity contribution in [1.29, 1.82) is 0 Å². The van der Waals surface area contributed by atoms with E-state index in [4.69, 9.17) is 0 Å². The molecule has 2 amide bonds. The van der Waals surface area contributed by atoms with Gasteiger partial charge in [-0.15, -0.1) is 0 Å². The lowest BCUT2D eigenvalue weighted by Crippen LogP contribution is -2.53. The van der Waals surface area contributed by atoms with Crippen LogP contribution < -0.4 is 10.2 Å². The van der Waals surface area contributed by atoms with Gasteiger partial charge in [-0.1, -0.05) is 32.0 Å². The predicted octanol–water partition coefficient (Wildman–Crippen LogP) is 1.11. The van der Waals surface area contributed by atoms with Crippen LogP contribution in [0, 0.1) is 5.92 Å². The third-order valence-corrected chi connectivity index (χ3v) is 3.55. The summed E-state index contributed by atoms with van der Waals surface area (Å²) in [4.78, 5) is 27.7. The van der Waals surface area contributed by atoms with Crippen molar-refractivity contribution in [1.82, 2.24) is 10.2 Å². The summed E-state index contributed by atoms with van der Waals surface area (Å²) >= 11 is 0. The van der Waals surface area contributed by atoms with Gasteiger partial charge in [0.1, 0.15) is 0 Å². The molecule has 1 aliphatic rings. The third-order valence-electron chi connectivity index (χ3n) is 3.55. The Morgan fingerprint density at radius 1 is 1.10 bits per heavy atom. The lowest BCUT2D eigenvalue weighted by Gasteiger charge is -2.35. The minimum atomic E-state index is -0.489. The Balaban J connectivity index is 1.83. The summed E-state index contributed by atoms with van der Waals surface area (Å²) in [6.07, 6.45) is 0. The van der Waals surface area contributed by atoms with Gasteiger partial charge in [-0.3, -0.25) is 9.59 Å². The van der Waals surface area contributed by atoms with Crippen LogP contribution in [-0.4, -0.2) is 49.4 Å². The van der Waals surface area contributed by atoms with Crippen molar-refractivity contribution in [2.75, 3.05) is 37.6 Å². The van der Waals surface area contributed by atoms with Crippen molar-refractivity contribution >= 4 is 17.5 Å². The van der Waals surface area contributed by atoms with E-state index in [9.17, 15) is 9.59 Å². The Hall–Kier alpha value is -2.04. The first kappa shape index (κ1) is 15.4. The Kier molecular flexibility index (Phi) is 5.20. The van der Waals surface area contributed by atoms with Crippen molar-refractivity contribution in [3.8, 4) is 0 Å². The maximum atomic E-state index is 12.0. The molecule has 2 rings (SSSR count). The van der Waals surface area contributed by atoms with Crippen molar-refractivity contribution in [3.63, 3.8) is 0 Å². The summed E-state index contributed by atoms with van der Waals surface area (Å²) in [6.45, 7) is 7.23. The van der Waals surface area contributed by atoms with Gasteiger partial charge in [0.25, 0.3) is 0 Å². The molecule has 0 aliphatic carbocycles. The van der Waals surface area contributed by atoms with E-state index < -0.39 is 11.8 Å². The fourth-order valence-corrected chi connectivity index (χ4v) is 2.32. The van der Waals surface area contributed by atoms with Gasteiger partial charge < -0.3 is 15.1 Å². The first-order chi connectivity index (χ1) is 10.1. The molecule has 1 aliphatic heterocycles. The average Bonchev–Trinajstić information content (AvgIpc) is 2.53. The van der Waals surface area contributed by atoms with Crippen LogP contribution in [0.4, 0.5) is 5.69 Å². The molecule has 21 heavy (non-hydrogen) atoms. The van der Waals surface area contributed by atoms with Crippen LogP contribution in [0.3, 0.4) is 0 Å². The normalized spacial score (nSPS) is 15.2. The second-order valence-electron chi connectivity index (χ2n) is 5.72. The molecule has 0 unspecified atom stereocenters. The van der Waals surface area contributed by atoms with Crippen molar-refractivity contribution in [2.24, 2.45) is 5.92 Å². The van der Waals surface area contributed by atoms with Crippen molar-refractivity contribution < 1.29 is 9.59 Å². The zero-order valence-corrected chi connectivity index (χ0v) is 12.7. The Morgan fingerprint density at radius 2 is 1.71 bits per heavy atom. The summed E-state index contributed by atoms with van der Waals surface area (Å²) in [6, 6.07) is 10.1. The predicted molar refractivity (Wildman–Crippen MR) is 83.1 cm³/mol. The zero-order valence-electron chi connectivity index (χ0n) is 12.7. The SMILES string of the molecule is CC(C)CNC(=O)C(=O)N1CCN(c2ccccc2)CC1. The number of carbonyl (C=O) groups is 2. The van der Waals surface area contributed by atoms with Gasteiger partial charge in [0.05, 0.1) is 0 Å². The van der Waals surface area contributed by atoms with E-state index in [0.717, 1.165) is 18.8 Å². The fraction of sp³-hybridized carbons (Fsp3) is 0.500. The van der Waals surface area contributed by atoms with E-state index in [-0.39, 0.29) is 0 Å². The quantitative estimate of drug-likeness (QED) is 0.848. The Bertz CT molecular complexity index is 480. The molecule has 5 nitrogen and oxygen atoms in total. The molecule has 5 heteroatoms. The van der Waals surface area contributed by atoms with Crippen LogP contribution >= 0.6 is 0 Å². The monoisotopic (exact) mass is 289 g/mol. The molecule has 1 aromatic carbocycles. The molecule has 1 heterocycles. The number of para-hydroxylation sites is 1. The fourth-order valence-electron chi connectivity index (χ4n) is 2.32. The molecule has 0 bridgehead atoms. The zero-order chi connectivity index (χ0) is 15.2. The molecule has 1 aromatic rings. The van der Waals surface area contributed by atoms with Crippen LogP contribution in [-0.2, 0) is 9.59 Å². The van der Waals surface area contributed by atoms with Crippen molar-refractivity contribution in [3.05, 3.63) is 30.3 Å². The largest absolute Gasteiger partial charge is 0.368 e. The average molecular weight is 289 g/mol. The second-order valence-corrected chi connectivity index (χ2v) is 5.72. The number of hydrogen-bond donors (Lipinski definition) is 1. The molecule has 114 valence electrons. The highest BCUT2D eigenvalue weighted by molar-refractivity contribution is 6.35. The first-order valence-corrected chi connectivity index (χ1v) is 7.45. The van der Waals surface area contributed by atoms with Crippen LogP contribution in [0.15, 0.2) is 30.3 Å². The highest BCUT2D eigenvalue weighted by Gasteiger charge is 2.25. The third kappa shape index (κ3) is 4.21. The molecule has 0 spiro atoms. The number of piperazine rings is 1. The van der Waals surface area contributed by atoms with Gasteiger partial charge in [0.15, 0.2) is 0 Å². The second kappa shape index (κ2) is 7.11. The van der Waals surface area contributed by atoms with Crippen LogP contribution in [0.2, 0.25) is 0 Å². The molecule has 1 fully saturated rings. The maximum absolute atomic E-state index is 12.0. The van der Waals surface area contributed by atoms with E-state index in [0.29, 0.717) is 25.6 Å². The van der Waals surface area contributed by atoms with Crippen LogP contribution in [0.1, 0.15) is 13.8 Å². The standard InChI is InChI=1S/C16H23N3O2/c1-13(2)12-17-15(20)16(21)19-10-8-18(9-11-19)14-6-4-3-5-7-14/h3-7,13H,8-12H2,1-2H3,(H,17,20). The van der Waals surface area contributed by atoms with Gasteiger partial charge in [-0.2, -0.15) is 0 Å². The summed E-state index contributed by atoms with van der Waals surface area (Å²) in [7, 11) is 0. The highest BCUT2D eigenvalue weighted by Crippen LogP contribution is 2.15. The topological polar surface area (TPSA) is 52.7 Å². The number of carbonyl (C=O) groups excluding carboxylic acids is 2. The summed E-state index contributed by atoms with van der Waals surface area (Å²) in [5.74, 6) is -0.558. The smallest absolute Gasteiger partial charge is 0.312 e. The van der Waals surface area contributed by atoms with E-state index in [1.54, 1.807) is 4.90 Å². The number of rotatable bonds is 3. The number of nitrogens with zero attached hydrogens (tertiary/aromatic N) is 2. The van der Waals surface area contributed by atoms with E-state index in [1.165, 1.54) is 0 Å². The first-order valence-electron chi connectivity index (χ1n) is 7.45. The minimum Gasteiger partial charge on any atom is -0.368 e. The van der Waals surface area contributed by atoms with Crippen LogP contribution in [0.5, 0.6) is 0 Å². The molecule has 0 saturated carbocycles. The van der Waals surface area contributed by atoms with E-state index in [1.807, 2.05) is 32.0 Å². The summed E-state index contributed by atoms with van der Waals surface area (Å²) in [5.41, 5.74) is 1.16. The summed E-state index contributed by atoms with van der Waals surface area (Å²) < 4.78 is 0. The van der Waals surface area contributed by atoms with Crippen molar-refractivity contribution in [2.45, 2.75) is 13.8 Å². The summed E-state index contributed by atoms with van der Waals surface area (Å²) in [5, 5.41) is 2.68. The van der Waals surface area contributed by atoms with E-state index >= 15 is 0 Å². The molecule has 0 atom stereocenters. The number of anilines is 1. The van der Waals surface area contributed by atoms with Gasteiger partial charge in [-0.05, 0) is 18.1 Å². The molecule has 1 saturated heterocycles. The Morgan fingerprint density at radius 3 is 2.29 bits per heavy atom. The maximum Gasteiger partial charge on any atom is 0.312 e. The number of benzene rings is 1. The number of amides is 2. The van der Waals surface area contributed by atoms with Gasteiger partial charge in [-0.25, -0.2) is 0 Å². The number of nitrogens with one attached hydrogen (secondary N) is 1. The van der Waals surface area contributed by atoms with Gasteiger partial charge in [0.2, 0.25) is 0 Å². The molecule has 1 N–H and O–H groups in total. The van der Waals surface area contributed by atoms with Gasteiger partial charge in [0, 0.05) is 38.4 Å². The molecular weight excluding hydrogens is 266 g/mol. The molecular formula is C16H23N3O2. The minimum absolute atomic E-state index is 0.344. The van der Waals surface area contributed by atoms with Crippen LogP contribution in [0.25, 0.3) is 0 Å². The lowest BCUT2D eigenvalue weighted by atomic mass is 10.2.